The van der Waals surface area contributed by atoms with E-state index in [-0.39, 0.29) is 11.5 Å². The Labute approximate surface area is 170 Å². The Morgan fingerprint density at radius 3 is 1.55 bits per heavy atom. The van der Waals surface area contributed by atoms with Crippen LogP contribution in [-0.2, 0) is 0 Å². The number of hydrogen-bond acceptors (Lipinski definition) is 4. The molecule has 0 aliphatic heterocycles. The first-order chi connectivity index (χ1) is 14.0. The van der Waals surface area contributed by atoms with Gasteiger partial charge in [-0.2, -0.15) is 0 Å². The van der Waals surface area contributed by atoms with Crippen LogP contribution in [0.25, 0.3) is 33.6 Å². The molecule has 0 bridgehead atoms. The van der Waals surface area contributed by atoms with Crippen LogP contribution in [0.15, 0.2) is 84.9 Å². The number of aromatic nitrogens is 1. The van der Waals surface area contributed by atoms with Crippen molar-refractivity contribution in [1.82, 2.24) is 4.98 Å². The van der Waals surface area contributed by atoms with Crippen LogP contribution >= 0.6 is 0 Å². The number of phenolic OH excluding ortho intramolecular Hbond substituents is 2. The molecule has 0 aliphatic carbocycles. The van der Waals surface area contributed by atoms with Gasteiger partial charge in [0.2, 0.25) is 0 Å². The molecule has 1 heterocycles. The molecule has 0 amide bonds. The van der Waals surface area contributed by atoms with E-state index in [1.165, 1.54) is 0 Å². The smallest absolute Gasteiger partial charge is 0.124 e. The molecule has 0 radical (unpaired) electrons. The fourth-order valence-electron chi connectivity index (χ4n) is 3.31. The second-order valence-electron chi connectivity index (χ2n) is 7.10. The van der Waals surface area contributed by atoms with E-state index in [4.69, 9.17) is 4.98 Å². The third kappa shape index (κ3) is 3.78. The number of pyridine rings is 1. The molecule has 0 atom stereocenters. The predicted molar refractivity (Wildman–Crippen MR) is 118 cm³/mol. The molecular formula is C25H22N2O2. The van der Waals surface area contributed by atoms with Crippen molar-refractivity contribution in [3.63, 3.8) is 0 Å². The minimum absolute atomic E-state index is 0.170. The van der Waals surface area contributed by atoms with Crippen molar-refractivity contribution in [2.24, 2.45) is 0 Å². The van der Waals surface area contributed by atoms with Crippen LogP contribution in [0.3, 0.4) is 0 Å². The SMILES string of the molecule is CN(C)c1ccc(-c2cc(-c3ccccc3O)nc(-c3ccccc3O)c2)cc1. The van der Waals surface area contributed by atoms with Gasteiger partial charge in [0, 0.05) is 30.9 Å². The second-order valence-corrected chi connectivity index (χ2v) is 7.10. The Morgan fingerprint density at radius 2 is 1.10 bits per heavy atom. The summed E-state index contributed by atoms with van der Waals surface area (Å²) in [5.41, 5.74) is 5.70. The molecule has 4 aromatic rings. The van der Waals surface area contributed by atoms with Gasteiger partial charge < -0.3 is 15.1 Å². The molecule has 1 aromatic heterocycles. The maximum atomic E-state index is 10.3. The summed E-state index contributed by atoms with van der Waals surface area (Å²) >= 11 is 0. The van der Waals surface area contributed by atoms with E-state index in [1.807, 2.05) is 50.5 Å². The van der Waals surface area contributed by atoms with Crippen LogP contribution in [0.1, 0.15) is 0 Å². The number of nitrogens with zero attached hydrogens (tertiary/aromatic N) is 2. The van der Waals surface area contributed by atoms with Gasteiger partial charge in [0.25, 0.3) is 0 Å². The van der Waals surface area contributed by atoms with Crippen LogP contribution < -0.4 is 4.90 Å². The highest BCUT2D eigenvalue weighted by Gasteiger charge is 2.13. The van der Waals surface area contributed by atoms with Crippen molar-refractivity contribution in [1.29, 1.82) is 0 Å². The average Bonchev–Trinajstić information content (AvgIpc) is 2.74. The zero-order valence-electron chi connectivity index (χ0n) is 16.4. The summed E-state index contributed by atoms with van der Waals surface area (Å²) in [6, 6.07) is 26.5. The fourth-order valence-corrected chi connectivity index (χ4v) is 3.31. The molecule has 0 saturated heterocycles. The summed E-state index contributed by atoms with van der Waals surface area (Å²) in [6.07, 6.45) is 0. The Balaban J connectivity index is 1.91. The van der Waals surface area contributed by atoms with E-state index >= 15 is 0 Å². The lowest BCUT2D eigenvalue weighted by Gasteiger charge is -2.14. The van der Waals surface area contributed by atoms with Gasteiger partial charge in [-0.05, 0) is 59.7 Å². The van der Waals surface area contributed by atoms with Crippen molar-refractivity contribution >= 4 is 5.69 Å². The van der Waals surface area contributed by atoms with Crippen LogP contribution in [0, 0.1) is 0 Å². The molecule has 0 saturated carbocycles. The highest BCUT2D eigenvalue weighted by molar-refractivity contribution is 5.80. The molecule has 2 N–H and O–H groups in total. The van der Waals surface area contributed by atoms with Crippen molar-refractivity contribution < 1.29 is 10.2 Å². The zero-order chi connectivity index (χ0) is 20.4. The van der Waals surface area contributed by atoms with Crippen LogP contribution in [0.4, 0.5) is 5.69 Å². The maximum absolute atomic E-state index is 10.3. The second kappa shape index (κ2) is 7.68. The summed E-state index contributed by atoms with van der Waals surface area (Å²) < 4.78 is 0. The van der Waals surface area contributed by atoms with Crippen LogP contribution in [-0.4, -0.2) is 29.3 Å². The minimum atomic E-state index is 0.170. The summed E-state index contributed by atoms with van der Waals surface area (Å²) in [6.45, 7) is 0. The lowest BCUT2D eigenvalue weighted by molar-refractivity contribution is 0.477. The highest BCUT2D eigenvalue weighted by Crippen LogP contribution is 2.36. The summed E-state index contributed by atoms with van der Waals surface area (Å²) in [7, 11) is 4.02. The van der Waals surface area contributed by atoms with Crippen molar-refractivity contribution in [3.05, 3.63) is 84.9 Å². The van der Waals surface area contributed by atoms with Crippen molar-refractivity contribution in [2.45, 2.75) is 0 Å². The summed E-state index contributed by atoms with van der Waals surface area (Å²) in [5, 5.41) is 20.7. The predicted octanol–water partition coefficient (Wildman–Crippen LogP) is 5.56. The highest BCUT2D eigenvalue weighted by atomic mass is 16.3. The third-order valence-corrected chi connectivity index (χ3v) is 4.90. The largest absolute Gasteiger partial charge is 0.507 e. The minimum Gasteiger partial charge on any atom is -0.507 e. The Hall–Kier alpha value is -3.79. The van der Waals surface area contributed by atoms with E-state index in [1.54, 1.807) is 24.3 Å². The lowest BCUT2D eigenvalue weighted by Crippen LogP contribution is -2.07. The van der Waals surface area contributed by atoms with Crippen molar-refractivity contribution in [2.75, 3.05) is 19.0 Å². The van der Waals surface area contributed by atoms with Crippen LogP contribution in [0.5, 0.6) is 11.5 Å². The number of hydrogen-bond donors (Lipinski definition) is 2. The van der Waals surface area contributed by atoms with Gasteiger partial charge >= 0.3 is 0 Å². The quantitative estimate of drug-likeness (QED) is 0.485. The molecular weight excluding hydrogens is 360 g/mol. The molecule has 0 spiro atoms. The molecule has 144 valence electrons. The van der Waals surface area contributed by atoms with E-state index in [9.17, 15) is 10.2 Å². The summed E-state index contributed by atoms with van der Waals surface area (Å²) in [5.74, 6) is 0.340. The van der Waals surface area contributed by atoms with E-state index in [0.29, 0.717) is 22.5 Å². The number of anilines is 1. The first-order valence-corrected chi connectivity index (χ1v) is 9.39. The molecule has 29 heavy (non-hydrogen) atoms. The molecule has 4 heteroatoms. The topological polar surface area (TPSA) is 56.6 Å². The third-order valence-electron chi connectivity index (χ3n) is 4.90. The average molecular weight is 382 g/mol. The van der Waals surface area contributed by atoms with Gasteiger partial charge in [-0.1, -0.05) is 36.4 Å². The molecule has 4 nitrogen and oxygen atoms in total. The number of phenols is 2. The maximum Gasteiger partial charge on any atom is 0.124 e. The number of aromatic hydroxyl groups is 2. The van der Waals surface area contributed by atoms with Gasteiger partial charge in [-0.25, -0.2) is 4.98 Å². The number of benzene rings is 3. The fraction of sp³-hybridized carbons (Fsp3) is 0.0800. The van der Waals surface area contributed by atoms with Gasteiger partial charge in [-0.15, -0.1) is 0 Å². The van der Waals surface area contributed by atoms with Crippen LogP contribution in [0.2, 0.25) is 0 Å². The Bertz CT molecular complexity index is 1090. The van der Waals surface area contributed by atoms with E-state index in [2.05, 4.69) is 29.2 Å². The number of para-hydroxylation sites is 2. The molecule has 0 unspecified atom stereocenters. The van der Waals surface area contributed by atoms with Gasteiger partial charge in [0.15, 0.2) is 0 Å². The number of rotatable bonds is 4. The van der Waals surface area contributed by atoms with Gasteiger partial charge in [0.05, 0.1) is 11.4 Å². The van der Waals surface area contributed by atoms with Crippen molar-refractivity contribution in [3.8, 4) is 45.1 Å². The molecule has 0 aliphatic rings. The summed E-state index contributed by atoms with van der Waals surface area (Å²) in [4.78, 5) is 6.79. The standard InChI is InChI=1S/C25H22N2O2/c1-27(2)19-13-11-17(12-14-19)18-15-22(20-7-3-5-9-24(20)28)26-23(16-18)21-8-4-6-10-25(21)29/h3-16,28-29H,1-2H3. The molecule has 4 rings (SSSR count). The normalized spacial score (nSPS) is 10.7. The zero-order valence-corrected chi connectivity index (χ0v) is 16.4. The lowest BCUT2D eigenvalue weighted by atomic mass is 9.99. The first-order valence-electron chi connectivity index (χ1n) is 9.39. The first kappa shape index (κ1) is 18.6. The van der Waals surface area contributed by atoms with Gasteiger partial charge in [-0.3, -0.25) is 0 Å². The monoisotopic (exact) mass is 382 g/mol. The molecule has 3 aromatic carbocycles. The molecule has 0 fully saturated rings. The van der Waals surface area contributed by atoms with Gasteiger partial charge in [0.1, 0.15) is 11.5 Å². The Morgan fingerprint density at radius 1 is 0.621 bits per heavy atom. The van der Waals surface area contributed by atoms with E-state index < -0.39 is 0 Å². The Kier molecular flexibility index (Phi) is 4.92. The van der Waals surface area contributed by atoms with E-state index in [0.717, 1.165) is 16.8 Å².